The van der Waals surface area contributed by atoms with Crippen LogP contribution in [0, 0.1) is 13.8 Å². The van der Waals surface area contributed by atoms with Crippen molar-refractivity contribution in [1.82, 2.24) is 9.88 Å². The molecule has 7 heteroatoms. The standard InChI is InChI=1S/C17H20N2O4S/c1-12-7-13(2)9-14(8-12)23-24(21,22)15-10-16(18-11-15)17(20)19-5-3-4-6-19/h7-11,18H,3-6H2,1-2H3. The summed E-state index contributed by atoms with van der Waals surface area (Å²) in [5, 5.41) is 0. The van der Waals surface area contributed by atoms with Crippen molar-refractivity contribution < 1.29 is 17.4 Å². The van der Waals surface area contributed by atoms with Crippen LogP contribution in [-0.2, 0) is 10.1 Å². The SMILES string of the molecule is Cc1cc(C)cc(OS(=O)(=O)c2c[nH]c(C(=O)N3CCCC3)c2)c1. The van der Waals surface area contributed by atoms with Gasteiger partial charge in [0.15, 0.2) is 0 Å². The fourth-order valence-electron chi connectivity index (χ4n) is 2.89. The first-order valence-electron chi connectivity index (χ1n) is 7.86. The van der Waals surface area contributed by atoms with Gasteiger partial charge in [0.25, 0.3) is 5.91 Å². The second-order valence-corrected chi connectivity index (χ2v) is 7.66. The molecule has 1 aromatic carbocycles. The quantitative estimate of drug-likeness (QED) is 0.862. The van der Waals surface area contributed by atoms with Crippen LogP contribution in [0.4, 0.5) is 0 Å². The molecule has 0 radical (unpaired) electrons. The zero-order valence-electron chi connectivity index (χ0n) is 13.7. The highest BCUT2D eigenvalue weighted by molar-refractivity contribution is 7.87. The van der Waals surface area contributed by atoms with Crippen LogP contribution in [0.3, 0.4) is 0 Å². The Balaban J connectivity index is 1.81. The summed E-state index contributed by atoms with van der Waals surface area (Å²) in [5.74, 6) is 0.0847. The molecule has 0 unspecified atom stereocenters. The Morgan fingerprint density at radius 2 is 1.71 bits per heavy atom. The number of likely N-dealkylation sites (tertiary alicyclic amines) is 1. The Bertz CT molecular complexity index is 844. The number of benzene rings is 1. The fraction of sp³-hybridized carbons (Fsp3) is 0.353. The van der Waals surface area contributed by atoms with E-state index in [1.165, 1.54) is 12.3 Å². The topological polar surface area (TPSA) is 79.5 Å². The summed E-state index contributed by atoms with van der Waals surface area (Å²) in [4.78, 5) is 16.7. The van der Waals surface area contributed by atoms with E-state index in [1.807, 2.05) is 19.9 Å². The third kappa shape index (κ3) is 3.46. The van der Waals surface area contributed by atoms with Gasteiger partial charge in [0.2, 0.25) is 0 Å². The summed E-state index contributed by atoms with van der Waals surface area (Å²) >= 11 is 0. The Morgan fingerprint density at radius 1 is 1.08 bits per heavy atom. The summed E-state index contributed by atoms with van der Waals surface area (Å²) in [6, 6.07) is 6.59. The molecule has 1 aliphatic heterocycles. The lowest BCUT2D eigenvalue weighted by Gasteiger charge is -2.13. The van der Waals surface area contributed by atoms with E-state index in [-0.39, 0.29) is 22.2 Å². The smallest absolute Gasteiger partial charge is 0.340 e. The van der Waals surface area contributed by atoms with Gasteiger partial charge in [0.05, 0.1) is 0 Å². The summed E-state index contributed by atoms with van der Waals surface area (Å²) in [7, 11) is -3.99. The lowest BCUT2D eigenvalue weighted by molar-refractivity contribution is 0.0787. The van der Waals surface area contributed by atoms with Gasteiger partial charge < -0.3 is 14.1 Å². The van der Waals surface area contributed by atoms with Crippen molar-refractivity contribution in [1.29, 1.82) is 0 Å². The van der Waals surface area contributed by atoms with Crippen molar-refractivity contribution in [3.63, 3.8) is 0 Å². The van der Waals surface area contributed by atoms with E-state index in [0.29, 0.717) is 13.1 Å². The average Bonchev–Trinajstić information content (AvgIpc) is 3.17. The van der Waals surface area contributed by atoms with Gasteiger partial charge in [-0.3, -0.25) is 4.79 Å². The molecule has 1 fully saturated rings. The minimum atomic E-state index is -3.99. The molecule has 24 heavy (non-hydrogen) atoms. The van der Waals surface area contributed by atoms with Crippen LogP contribution in [0.25, 0.3) is 0 Å². The predicted octanol–water partition coefficient (Wildman–Crippen LogP) is 2.64. The molecule has 2 aromatic rings. The molecule has 0 atom stereocenters. The molecular formula is C17H20N2O4S. The van der Waals surface area contributed by atoms with Crippen LogP contribution in [0.15, 0.2) is 35.4 Å². The van der Waals surface area contributed by atoms with Crippen molar-refractivity contribution in [3.8, 4) is 5.75 Å². The fourth-order valence-corrected chi connectivity index (χ4v) is 3.80. The van der Waals surface area contributed by atoms with Crippen LogP contribution in [0.5, 0.6) is 5.75 Å². The van der Waals surface area contributed by atoms with Crippen molar-refractivity contribution in [3.05, 3.63) is 47.3 Å². The molecule has 0 bridgehead atoms. The first-order chi connectivity index (χ1) is 11.3. The Kier molecular flexibility index (Phi) is 4.36. The minimum Gasteiger partial charge on any atom is -0.379 e. The van der Waals surface area contributed by atoms with Gasteiger partial charge in [0.1, 0.15) is 16.3 Å². The number of nitrogens with one attached hydrogen (secondary N) is 1. The molecule has 1 aromatic heterocycles. The highest BCUT2D eigenvalue weighted by Gasteiger charge is 2.24. The number of carbonyl (C=O) groups excluding carboxylic acids is 1. The molecule has 128 valence electrons. The lowest BCUT2D eigenvalue weighted by atomic mass is 10.1. The maximum Gasteiger partial charge on any atom is 0.340 e. The highest BCUT2D eigenvalue weighted by atomic mass is 32.2. The molecule has 0 aliphatic carbocycles. The summed E-state index contributed by atoms with van der Waals surface area (Å²) in [5.41, 5.74) is 2.10. The van der Waals surface area contributed by atoms with Crippen molar-refractivity contribution in [2.75, 3.05) is 13.1 Å². The molecule has 0 spiro atoms. The average molecular weight is 348 g/mol. The number of aryl methyl sites for hydroxylation is 2. The van der Waals surface area contributed by atoms with E-state index in [9.17, 15) is 13.2 Å². The number of hydrogen-bond donors (Lipinski definition) is 1. The second-order valence-electron chi connectivity index (χ2n) is 6.11. The number of nitrogens with zero attached hydrogens (tertiary/aromatic N) is 1. The first-order valence-corrected chi connectivity index (χ1v) is 9.26. The lowest BCUT2D eigenvalue weighted by Crippen LogP contribution is -2.27. The monoisotopic (exact) mass is 348 g/mol. The van der Waals surface area contributed by atoms with Crippen molar-refractivity contribution >= 4 is 16.0 Å². The van der Waals surface area contributed by atoms with E-state index in [1.54, 1.807) is 17.0 Å². The summed E-state index contributed by atoms with van der Waals surface area (Å²) in [6.07, 6.45) is 3.25. The van der Waals surface area contributed by atoms with Crippen LogP contribution in [0.1, 0.15) is 34.5 Å². The molecule has 2 heterocycles. The molecule has 6 nitrogen and oxygen atoms in total. The number of H-pyrrole nitrogens is 1. The Labute approximate surface area is 141 Å². The van der Waals surface area contributed by atoms with E-state index >= 15 is 0 Å². The zero-order valence-corrected chi connectivity index (χ0v) is 14.5. The molecule has 1 amide bonds. The minimum absolute atomic E-state index is 0.0517. The summed E-state index contributed by atoms with van der Waals surface area (Å²) < 4.78 is 30.0. The van der Waals surface area contributed by atoms with Gasteiger partial charge in [-0.1, -0.05) is 6.07 Å². The molecule has 1 N–H and O–H groups in total. The van der Waals surface area contributed by atoms with Crippen molar-refractivity contribution in [2.24, 2.45) is 0 Å². The molecule has 3 rings (SSSR count). The first kappa shape index (κ1) is 16.6. The van der Waals surface area contributed by atoms with Gasteiger partial charge in [-0.05, 0) is 56.0 Å². The molecule has 1 saturated heterocycles. The van der Waals surface area contributed by atoms with Gasteiger partial charge in [-0.15, -0.1) is 0 Å². The number of hydrogen-bond acceptors (Lipinski definition) is 4. The molecule has 0 saturated carbocycles. The van der Waals surface area contributed by atoms with Crippen molar-refractivity contribution in [2.45, 2.75) is 31.6 Å². The van der Waals surface area contributed by atoms with Crippen LogP contribution in [0.2, 0.25) is 0 Å². The normalized spacial score (nSPS) is 14.8. The number of amides is 1. The van der Waals surface area contributed by atoms with E-state index in [2.05, 4.69) is 4.98 Å². The Morgan fingerprint density at radius 3 is 2.33 bits per heavy atom. The third-order valence-electron chi connectivity index (χ3n) is 3.97. The van der Waals surface area contributed by atoms with E-state index < -0.39 is 10.1 Å². The maximum atomic E-state index is 12.4. The van der Waals surface area contributed by atoms with Gasteiger partial charge in [-0.2, -0.15) is 8.42 Å². The van der Waals surface area contributed by atoms with Crippen LogP contribution in [-0.4, -0.2) is 37.3 Å². The number of carbonyl (C=O) groups is 1. The van der Waals surface area contributed by atoms with Gasteiger partial charge in [0, 0.05) is 19.3 Å². The summed E-state index contributed by atoms with van der Waals surface area (Å²) in [6.45, 7) is 5.16. The maximum absolute atomic E-state index is 12.4. The predicted molar refractivity (Wildman–Crippen MR) is 89.7 cm³/mol. The van der Waals surface area contributed by atoms with Gasteiger partial charge in [-0.25, -0.2) is 0 Å². The van der Waals surface area contributed by atoms with E-state index in [0.717, 1.165) is 24.0 Å². The van der Waals surface area contributed by atoms with E-state index in [4.69, 9.17) is 4.18 Å². The Hall–Kier alpha value is -2.28. The zero-order chi connectivity index (χ0) is 17.3. The van der Waals surface area contributed by atoms with Crippen LogP contribution >= 0.6 is 0 Å². The number of aromatic amines is 1. The molecule has 1 aliphatic rings. The number of aromatic nitrogens is 1. The second kappa shape index (κ2) is 6.32. The van der Waals surface area contributed by atoms with Crippen LogP contribution < -0.4 is 4.18 Å². The van der Waals surface area contributed by atoms with Gasteiger partial charge >= 0.3 is 10.1 Å². The third-order valence-corrected chi connectivity index (χ3v) is 5.19. The molecular weight excluding hydrogens is 328 g/mol. The highest BCUT2D eigenvalue weighted by Crippen LogP contribution is 2.22. The number of rotatable bonds is 4. The largest absolute Gasteiger partial charge is 0.379 e.